The fraction of sp³-hybridized carbons (Fsp3) is 0.300. The summed E-state index contributed by atoms with van der Waals surface area (Å²) in [5, 5.41) is 9.13. The standard InChI is InChI=1S/C10H12N2O5/c1-12(5-9(15)17-2)10(16)6-3-7(13)11-8(14)4-6/h3-4H,5H2,1-2H3,(H2,11,13,14). The van der Waals surface area contributed by atoms with Crippen LogP contribution < -0.4 is 5.56 Å². The second-order valence-corrected chi connectivity index (χ2v) is 3.36. The van der Waals surface area contributed by atoms with E-state index in [-0.39, 0.29) is 12.1 Å². The predicted octanol–water partition coefficient (Wildman–Crippen LogP) is -0.675. The lowest BCUT2D eigenvalue weighted by Gasteiger charge is -2.15. The van der Waals surface area contributed by atoms with Crippen molar-refractivity contribution >= 4 is 11.9 Å². The maximum absolute atomic E-state index is 11.8. The first-order chi connectivity index (χ1) is 7.93. The SMILES string of the molecule is COC(=O)CN(C)C(=O)c1cc(O)[nH]c(=O)c1. The van der Waals surface area contributed by atoms with E-state index in [4.69, 9.17) is 5.11 Å². The molecule has 0 aliphatic carbocycles. The number of methoxy groups -OCH3 is 1. The van der Waals surface area contributed by atoms with Crippen molar-refractivity contribution in [2.75, 3.05) is 20.7 Å². The molecule has 0 saturated heterocycles. The van der Waals surface area contributed by atoms with E-state index in [9.17, 15) is 14.4 Å². The molecule has 1 amide bonds. The Morgan fingerprint density at radius 2 is 2.12 bits per heavy atom. The van der Waals surface area contributed by atoms with Gasteiger partial charge in [0.25, 0.3) is 11.5 Å². The minimum absolute atomic E-state index is 0.00217. The van der Waals surface area contributed by atoms with Gasteiger partial charge in [-0.25, -0.2) is 0 Å². The van der Waals surface area contributed by atoms with Crippen molar-refractivity contribution in [1.82, 2.24) is 9.88 Å². The normalized spacial score (nSPS) is 9.76. The van der Waals surface area contributed by atoms with Crippen molar-refractivity contribution in [2.45, 2.75) is 0 Å². The van der Waals surface area contributed by atoms with E-state index in [2.05, 4.69) is 9.72 Å². The number of rotatable bonds is 3. The summed E-state index contributed by atoms with van der Waals surface area (Å²) in [4.78, 5) is 36.9. The summed E-state index contributed by atoms with van der Waals surface area (Å²) in [6, 6.07) is 2.15. The summed E-state index contributed by atoms with van der Waals surface area (Å²) in [6.45, 7) is -0.233. The molecule has 0 aliphatic rings. The smallest absolute Gasteiger partial charge is 0.325 e. The van der Waals surface area contributed by atoms with Crippen molar-refractivity contribution in [3.05, 3.63) is 28.0 Å². The van der Waals surface area contributed by atoms with Crippen LogP contribution in [0, 0.1) is 0 Å². The first-order valence-electron chi connectivity index (χ1n) is 4.69. The molecular weight excluding hydrogens is 228 g/mol. The summed E-state index contributed by atoms with van der Waals surface area (Å²) >= 11 is 0. The zero-order chi connectivity index (χ0) is 13.0. The van der Waals surface area contributed by atoms with Crippen molar-refractivity contribution in [3.8, 4) is 5.88 Å². The van der Waals surface area contributed by atoms with Crippen molar-refractivity contribution < 1.29 is 19.4 Å². The summed E-state index contributed by atoms with van der Waals surface area (Å²) < 4.78 is 4.40. The fourth-order valence-electron chi connectivity index (χ4n) is 1.20. The van der Waals surface area contributed by atoms with Gasteiger partial charge in [0.1, 0.15) is 6.54 Å². The number of H-pyrrole nitrogens is 1. The number of carbonyl (C=O) groups excluding carboxylic acids is 2. The highest BCUT2D eigenvalue weighted by Crippen LogP contribution is 2.06. The molecule has 0 aliphatic heterocycles. The number of likely N-dealkylation sites (N-methyl/N-ethyl adjacent to an activating group) is 1. The van der Waals surface area contributed by atoms with E-state index >= 15 is 0 Å². The Morgan fingerprint density at radius 1 is 1.47 bits per heavy atom. The number of nitrogens with one attached hydrogen (secondary N) is 1. The van der Waals surface area contributed by atoms with Gasteiger partial charge in [-0.1, -0.05) is 0 Å². The number of aromatic hydroxyl groups is 1. The Balaban J connectivity index is 2.88. The lowest BCUT2D eigenvalue weighted by Crippen LogP contribution is -2.33. The van der Waals surface area contributed by atoms with Crippen LogP contribution in [0.1, 0.15) is 10.4 Å². The van der Waals surface area contributed by atoms with E-state index < -0.39 is 23.3 Å². The van der Waals surface area contributed by atoms with Crippen LogP contribution in [-0.4, -0.2) is 47.6 Å². The van der Waals surface area contributed by atoms with Crippen LogP contribution in [0.4, 0.5) is 0 Å². The topological polar surface area (TPSA) is 99.7 Å². The number of amides is 1. The number of aromatic amines is 1. The van der Waals surface area contributed by atoms with Gasteiger partial charge in [-0.2, -0.15) is 0 Å². The molecule has 0 fully saturated rings. The lowest BCUT2D eigenvalue weighted by atomic mass is 10.2. The Bertz CT molecular complexity index is 494. The fourth-order valence-corrected chi connectivity index (χ4v) is 1.20. The van der Waals surface area contributed by atoms with Gasteiger partial charge < -0.3 is 14.7 Å². The van der Waals surface area contributed by atoms with Gasteiger partial charge in [-0.15, -0.1) is 0 Å². The molecule has 1 aromatic rings. The highest BCUT2D eigenvalue weighted by molar-refractivity contribution is 5.95. The number of nitrogens with zero attached hydrogens (tertiary/aromatic N) is 1. The van der Waals surface area contributed by atoms with Crippen LogP contribution in [0.15, 0.2) is 16.9 Å². The Morgan fingerprint density at radius 3 is 2.65 bits per heavy atom. The Kier molecular flexibility index (Phi) is 3.86. The van der Waals surface area contributed by atoms with Crippen molar-refractivity contribution in [3.63, 3.8) is 0 Å². The summed E-state index contributed by atoms with van der Waals surface area (Å²) in [5.41, 5.74) is -0.600. The highest BCUT2D eigenvalue weighted by atomic mass is 16.5. The predicted molar refractivity (Wildman–Crippen MR) is 57.7 cm³/mol. The number of ether oxygens (including phenoxy) is 1. The first-order valence-corrected chi connectivity index (χ1v) is 4.69. The second-order valence-electron chi connectivity index (χ2n) is 3.36. The van der Waals surface area contributed by atoms with Gasteiger partial charge >= 0.3 is 5.97 Å². The highest BCUT2D eigenvalue weighted by Gasteiger charge is 2.16. The number of hydrogen-bond donors (Lipinski definition) is 2. The van der Waals surface area contributed by atoms with E-state index in [1.807, 2.05) is 0 Å². The third-order valence-corrected chi connectivity index (χ3v) is 2.02. The zero-order valence-corrected chi connectivity index (χ0v) is 9.39. The third-order valence-electron chi connectivity index (χ3n) is 2.02. The van der Waals surface area contributed by atoms with Gasteiger partial charge in [-0.3, -0.25) is 19.4 Å². The molecule has 0 spiro atoms. The number of aromatic nitrogens is 1. The van der Waals surface area contributed by atoms with Crippen LogP contribution >= 0.6 is 0 Å². The van der Waals surface area contributed by atoms with E-state index in [0.29, 0.717) is 0 Å². The molecule has 1 aromatic heterocycles. The van der Waals surface area contributed by atoms with Crippen LogP contribution in [0.25, 0.3) is 0 Å². The average molecular weight is 240 g/mol. The van der Waals surface area contributed by atoms with Gasteiger partial charge in [0.2, 0.25) is 0 Å². The molecule has 7 nitrogen and oxygen atoms in total. The minimum Gasteiger partial charge on any atom is -0.494 e. The summed E-state index contributed by atoms with van der Waals surface area (Å²) in [6.07, 6.45) is 0. The number of pyridine rings is 1. The maximum atomic E-state index is 11.8. The van der Waals surface area contributed by atoms with Gasteiger partial charge in [-0.05, 0) is 0 Å². The Hall–Kier alpha value is -2.31. The summed E-state index contributed by atoms with van der Waals surface area (Å²) in [7, 11) is 2.59. The van der Waals surface area contributed by atoms with Crippen LogP contribution in [0.2, 0.25) is 0 Å². The van der Waals surface area contributed by atoms with Crippen molar-refractivity contribution in [2.24, 2.45) is 0 Å². The molecule has 17 heavy (non-hydrogen) atoms. The molecule has 7 heteroatoms. The number of carbonyl (C=O) groups is 2. The monoisotopic (exact) mass is 240 g/mol. The van der Waals surface area contributed by atoms with Gasteiger partial charge in [0, 0.05) is 19.2 Å². The first kappa shape index (κ1) is 12.8. The molecule has 0 radical (unpaired) electrons. The molecule has 2 N–H and O–H groups in total. The number of hydrogen-bond acceptors (Lipinski definition) is 5. The third kappa shape index (κ3) is 3.33. The van der Waals surface area contributed by atoms with E-state index in [1.54, 1.807) is 0 Å². The molecule has 0 unspecified atom stereocenters. The van der Waals surface area contributed by atoms with Crippen LogP contribution in [0.5, 0.6) is 5.88 Å². The molecule has 1 heterocycles. The van der Waals surface area contributed by atoms with E-state index in [1.165, 1.54) is 14.2 Å². The molecule has 1 rings (SSSR count). The number of esters is 1. The van der Waals surface area contributed by atoms with Gasteiger partial charge in [0.15, 0.2) is 5.88 Å². The zero-order valence-electron chi connectivity index (χ0n) is 9.39. The molecule has 0 atom stereocenters. The van der Waals surface area contributed by atoms with E-state index in [0.717, 1.165) is 17.0 Å². The summed E-state index contributed by atoms with van der Waals surface area (Å²) in [5.74, 6) is -1.54. The second kappa shape index (κ2) is 5.15. The van der Waals surface area contributed by atoms with Crippen LogP contribution in [-0.2, 0) is 9.53 Å². The molecule has 0 saturated carbocycles. The van der Waals surface area contributed by atoms with Gasteiger partial charge in [0.05, 0.1) is 12.7 Å². The van der Waals surface area contributed by atoms with Crippen molar-refractivity contribution in [1.29, 1.82) is 0 Å². The van der Waals surface area contributed by atoms with Crippen LogP contribution in [0.3, 0.4) is 0 Å². The quantitative estimate of drug-likeness (QED) is 0.682. The Labute approximate surface area is 96.6 Å². The molecular formula is C10H12N2O5. The molecule has 92 valence electrons. The molecule has 0 aromatic carbocycles. The average Bonchev–Trinajstić information content (AvgIpc) is 2.26. The lowest BCUT2D eigenvalue weighted by molar-refractivity contribution is -0.141. The minimum atomic E-state index is -0.597. The largest absolute Gasteiger partial charge is 0.494 e. The maximum Gasteiger partial charge on any atom is 0.325 e. The molecule has 0 bridgehead atoms.